The van der Waals surface area contributed by atoms with E-state index in [-0.39, 0.29) is 0 Å². The lowest BCUT2D eigenvalue weighted by atomic mass is 9.45. The fourth-order valence-electron chi connectivity index (χ4n) is 4.36. The minimum atomic E-state index is 0.607. The lowest BCUT2D eigenvalue weighted by molar-refractivity contribution is -0.115. The molecule has 0 amide bonds. The molecular formula is C17H27NS. The maximum Gasteiger partial charge on any atom is 0.0302 e. The van der Waals surface area contributed by atoms with Crippen LogP contribution in [0, 0.1) is 23.2 Å². The molecule has 19 heavy (non-hydrogen) atoms. The Labute approximate surface area is 121 Å². The highest BCUT2D eigenvalue weighted by Gasteiger charge is 2.55. The van der Waals surface area contributed by atoms with Crippen molar-refractivity contribution >= 4 is 11.3 Å². The van der Waals surface area contributed by atoms with Gasteiger partial charge in [-0.25, -0.2) is 0 Å². The van der Waals surface area contributed by atoms with Gasteiger partial charge in [0.2, 0.25) is 0 Å². The van der Waals surface area contributed by atoms with Gasteiger partial charge in [0.05, 0.1) is 0 Å². The molecule has 0 saturated heterocycles. The summed E-state index contributed by atoms with van der Waals surface area (Å²) in [5.74, 6) is 2.74. The molecule has 0 aliphatic heterocycles. The van der Waals surface area contributed by atoms with Crippen LogP contribution < -0.4 is 5.32 Å². The molecule has 3 saturated carbocycles. The van der Waals surface area contributed by atoms with Crippen LogP contribution in [0.2, 0.25) is 0 Å². The van der Waals surface area contributed by atoms with Crippen LogP contribution in [0.4, 0.5) is 0 Å². The topological polar surface area (TPSA) is 12.0 Å². The first-order chi connectivity index (χ1) is 9.02. The second-order valence-corrected chi connectivity index (χ2v) is 8.42. The van der Waals surface area contributed by atoms with Crippen molar-refractivity contribution in [3.05, 3.63) is 21.9 Å². The van der Waals surface area contributed by atoms with E-state index < -0.39 is 0 Å². The molecule has 106 valence electrons. The monoisotopic (exact) mass is 277 g/mol. The van der Waals surface area contributed by atoms with Crippen molar-refractivity contribution in [2.24, 2.45) is 23.2 Å². The predicted molar refractivity (Wildman–Crippen MR) is 83.5 cm³/mol. The molecule has 1 nitrogen and oxygen atoms in total. The molecule has 3 aliphatic rings. The lowest BCUT2D eigenvalue weighted by Gasteiger charge is -2.62. The van der Waals surface area contributed by atoms with E-state index in [0.717, 1.165) is 30.3 Å². The van der Waals surface area contributed by atoms with Crippen LogP contribution in [0.5, 0.6) is 0 Å². The highest BCUT2D eigenvalue weighted by Crippen LogP contribution is 2.61. The van der Waals surface area contributed by atoms with E-state index in [4.69, 9.17) is 0 Å². The molecule has 4 atom stereocenters. The molecule has 2 heteroatoms. The summed E-state index contributed by atoms with van der Waals surface area (Å²) in [7, 11) is 0. The highest BCUT2D eigenvalue weighted by molar-refractivity contribution is 7.11. The molecule has 0 unspecified atom stereocenters. The molecule has 0 radical (unpaired) electrons. The SMILES string of the molecule is CCc1ccc(CN[C@@H]2C[C@H]3C[C@@H]([C@H]2C)C3(C)C)s1. The minimum Gasteiger partial charge on any atom is -0.309 e. The molecule has 0 aromatic carbocycles. The largest absolute Gasteiger partial charge is 0.309 e. The molecule has 1 heterocycles. The zero-order valence-electron chi connectivity index (χ0n) is 12.7. The first-order valence-corrected chi connectivity index (χ1v) is 8.65. The molecule has 2 bridgehead atoms. The van der Waals surface area contributed by atoms with Crippen LogP contribution in [-0.2, 0) is 13.0 Å². The van der Waals surface area contributed by atoms with Gasteiger partial charge in [0.1, 0.15) is 0 Å². The smallest absolute Gasteiger partial charge is 0.0302 e. The van der Waals surface area contributed by atoms with Gasteiger partial charge in [-0.15, -0.1) is 11.3 Å². The number of fused-ring (bicyclic) bond motifs is 2. The van der Waals surface area contributed by atoms with Crippen LogP contribution >= 0.6 is 11.3 Å². The Morgan fingerprint density at radius 3 is 2.58 bits per heavy atom. The zero-order chi connectivity index (χ0) is 13.6. The van der Waals surface area contributed by atoms with Gasteiger partial charge in [0, 0.05) is 22.3 Å². The molecule has 1 aromatic rings. The predicted octanol–water partition coefficient (Wildman–Crippen LogP) is 4.47. The third-order valence-electron chi connectivity index (χ3n) is 5.96. The van der Waals surface area contributed by atoms with Crippen LogP contribution in [0.25, 0.3) is 0 Å². The first kappa shape index (κ1) is 13.6. The van der Waals surface area contributed by atoms with Gasteiger partial charge in [-0.3, -0.25) is 0 Å². The van der Waals surface area contributed by atoms with Crippen molar-refractivity contribution in [1.82, 2.24) is 5.32 Å². The molecule has 3 aliphatic carbocycles. The maximum absolute atomic E-state index is 3.83. The number of rotatable bonds is 4. The van der Waals surface area contributed by atoms with Crippen molar-refractivity contribution in [1.29, 1.82) is 0 Å². The van der Waals surface area contributed by atoms with Gasteiger partial charge in [-0.05, 0) is 54.6 Å². The summed E-state index contributed by atoms with van der Waals surface area (Å²) in [6, 6.07) is 5.32. The van der Waals surface area contributed by atoms with Gasteiger partial charge in [0.25, 0.3) is 0 Å². The van der Waals surface area contributed by atoms with Crippen LogP contribution in [-0.4, -0.2) is 6.04 Å². The van der Waals surface area contributed by atoms with Gasteiger partial charge in [-0.1, -0.05) is 27.7 Å². The number of thiophene rings is 1. The molecule has 1 N–H and O–H groups in total. The Kier molecular flexibility index (Phi) is 3.51. The van der Waals surface area contributed by atoms with E-state index in [2.05, 4.69) is 45.1 Å². The summed E-state index contributed by atoms with van der Waals surface area (Å²) >= 11 is 1.97. The fourth-order valence-corrected chi connectivity index (χ4v) is 5.27. The highest BCUT2D eigenvalue weighted by atomic mass is 32.1. The second kappa shape index (κ2) is 4.89. The standard InChI is InChI=1S/C17H27NS/c1-5-13-6-7-14(19-13)10-18-16-9-12-8-15(11(16)2)17(12,3)4/h6-7,11-12,15-16,18H,5,8-10H2,1-4H3/t11-,12-,15+,16-/m1/s1. The van der Waals surface area contributed by atoms with Crippen molar-refractivity contribution < 1.29 is 0 Å². The quantitative estimate of drug-likeness (QED) is 0.856. The van der Waals surface area contributed by atoms with Crippen molar-refractivity contribution in [3.8, 4) is 0 Å². The summed E-state index contributed by atoms with van der Waals surface area (Å²) in [6.07, 6.45) is 4.03. The van der Waals surface area contributed by atoms with Gasteiger partial charge in [-0.2, -0.15) is 0 Å². The van der Waals surface area contributed by atoms with Crippen LogP contribution in [0.3, 0.4) is 0 Å². The number of hydrogen-bond acceptors (Lipinski definition) is 2. The maximum atomic E-state index is 3.83. The second-order valence-electron chi connectivity index (χ2n) is 7.16. The Morgan fingerprint density at radius 2 is 2.00 bits per heavy atom. The number of nitrogens with one attached hydrogen (secondary N) is 1. The van der Waals surface area contributed by atoms with Crippen LogP contribution in [0.1, 0.15) is 50.3 Å². The van der Waals surface area contributed by atoms with Crippen molar-refractivity contribution in [3.63, 3.8) is 0 Å². The Hall–Kier alpha value is -0.340. The lowest BCUT2D eigenvalue weighted by Crippen LogP contribution is -2.59. The van der Waals surface area contributed by atoms with E-state index in [1.807, 2.05) is 11.3 Å². The van der Waals surface area contributed by atoms with E-state index in [0.29, 0.717) is 5.41 Å². The van der Waals surface area contributed by atoms with E-state index in [1.165, 1.54) is 29.0 Å². The van der Waals surface area contributed by atoms with Gasteiger partial charge >= 0.3 is 0 Å². The van der Waals surface area contributed by atoms with Crippen LogP contribution in [0.15, 0.2) is 12.1 Å². The third-order valence-corrected chi connectivity index (χ3v) is 7.19. The molecule has 1 aromatic heterocycles. The Bertz CT molecular complexity index is 448. The zero-order valence-corrected chi connectivity index (χ0v) is 13.5. The Morgan fingerprint density at radius 1 is 1.26 bits per heavy atom. The van der Waals surface area contributed by atoms with E-state index >= 15 is 0 Å². The normalized spacial score (nSPS) is 36.0. The van der Waals surface area contributed by atoms with Gasteiger partial charge < -0.3 is 5.32 Å². The molecular weight excluding hydrogens is 250 g/mol. The average Bonchev–Trinajstić information content (AvgIpc) is 2.84. The summed E-state index contributed by atoms with van der Waals surface area (Å²) in [5.41, 5.74) is 0.607. The average molecular weight is 277 g/mol. The Balaban J connectivity index is 1.57. The minimum absolute atomic E-state index is 0.607. The van der Waals surface area contributed by atoms with E-state index in [9.17, 15) is 0 Å². The molecule has 4 rings (SSSR count). The number of aryl methyl sites for hydroxylation is 1. The summed E-state index contributed by atoms with van der Waals surface area (Å²) in [5, 5.41) is 3.83. The molecule has 0 spiro atoms. The third kappa shape index (κ3) is 2.27. The first-order valence-electron chi connectivity index (χ1n) is 7.83. The fraction of sp³-hybridized carbons (Fsp3) is 0.765. The van der Waals surface area contributed by atoms with E-state index in [1.54, 1.807) is 0 Å². The molecule has 3 fully saturated rings. The number of hydrogen-bond donors (Lipinski definition) is 1. The summed E-state index contributed by atoms with van der Waals surface area (Å²) in [6.45, 7) is 10.7. The summed E-state index contributed by atoms with van der Waals surface area (Å²) in [4.78, 5) is 3.01. The van der Waals surface area contributed by atoms with Crippen molar-refractivity contribution in [2.45, 2.75) is 59.5 Å². The van der Waals surface area contributed by atoms with Gasteiger partial charge in [0.15, 0.2) is 0 Å². The summed E-state index contributed by atoms with van der Waals surface area (Å²) < 4.78 is 0. The van der Waals surface area contributed by atoms with Crippen molar-refractivity contribution in [2.75, 3.05) is 0 Å².